The van der Waals surface area contributed by atoms with Crippen molar-refractivity contribution < 1.29 is 4.79 Å². The summed E-state index contributed by atoms with van der Waals surface area (Å²) in [5, 5.41) is 8.47. The van der Waals surface area contributed by atoms with Gasteiger partial charge in [0.2, 0.25) is 5.91 Å². The molecule has 1 saturated carbocycles. The normalized spacial score (nSPS) is 16.1. The maximum atomic E-state index is 11.8. The molecule has 0 unspecified atom stereocenters. The van der Waals surface area contributed by atoms with Crippen LogP contribution in [0, 0.1) is 17.2 Å². The van der Waals surface area contributed by atoms with Crippen molar-refractivity contribution >= 4 is 5.91 Å². The van der Waals surface area contributed by atoms with Gasteiger partial charge in [0.1, 0.15) is 0 Å². The second kappa shape index (κ2) is 7.29. The zero-order valence-electron chi connectivity index (χ0n) is 11.0. The molecule has 0 spiro atoms. The van der Waals surface area contributed by atoms with E-state index in [9.17, 15) is 4.79 Å². The van der Waals surface area contributed by atoms with Gasteiger partial charge in [0.25, 0.3) is 0 Å². The summed E-state index contributed by atoms with van der Waals surface area (Å²) >= 11 is 0. The van der Waals surface area contributed by atoms with Crippen molar-refractivity contribution in [3.05, 3.63) is 0 Å². The number of hydrogen-bond acceptors (Lipinski definition) is 3. The zero-order chi connectivity index (χ0) is 12.7. The van der Waals surface area contributed by atoms with Crippen LogP contribution in [0.25, 0.3) is 0 Å². The lowest BCUT2D eigenvalue weighted by Gasteiger charge is -2.23. The van der Waals surface area contributed by atoms with Gasteiger partial charge in [-0.1, -0.05) is 12.8 Å². The molecule has 0 aromatic carbocycles. The van der Waals surface area contributed by atoms with Crippen LogP contribution >= 0.6 is 0 Å². The van der Waals surface area contributed by atoms with Gasteiger partial charge >= 0.3 is 0 Å². The van der Waals surface area contributed by atoms with Gasteiger partial charge in [-0.2, -0.15) is 5.26 Å². The third-order valence-corrected chi connectivity index (χ3v) is 3.43. The first-order chi connectivity index (χ1) is 8.13. The first-order valence-corrected chi connectivity index (χ1v) is 6.43. The number of hydrogen-bond donors (Lipinski definition) is 0. The van der Waals surface area contributed by atoms with E-state index in [1.54, 1.807) is 11.9 Å². The van der Waals surface area contributed by atoms with Crippen molar-refractivity contribution in [1.82, 2.24) is 9.80 Å². The zero-order valence-corrected chi connectivity index (χ0v) is 11.0. The highest BCUT2D eigenvalue weighted by Crippen LogP contribution is 2.24. The first kappa shape index (κ1) is 14.0. The Bertz CT molecular complexity index is 279. The van der Waals surface area contributed by atoms with E-state index in [0.717, 1.165) is 12.5 Å². The Morgan fingerprint density at radius 2 is 2.00 bits per heavy atom. The minimum atomic E-state index is 0.112. The topological polar surface area (TPSA) is 47.3 Å². The number of carbonyl (C=O) groups excluding carboxylic acids is 1. The van der Waals surface area contributed by atoms with Gasteiger partial charge in [0, 0.05) is 20.1 Å². The lowest BCUT2D eigenvalue weighted by Crippen LogP contribution is -2.38. The molecule has 0 heterocycles. The Hall–Kier alpha value is -1.08. The van der Waals surface area contributed by atoms with E-state index in [1.807, 2.05) is 7.05 Å². The fourth-order valence-electron chi connectivity index (χ4n) is 2.39. The second-order valence-corrected chi connectivity index (χ2v) is 5.07. The molecule has 17 heavy (non-hydrogen) atoms. The molecule has 0 atom stereocenters. The SMILES string of the molecule is CN(CC(=O)N(C)CCC#N)CC1CCCC1. The molecule has 1 fully saturated rings. The van der Waals surface area contributed by atoms with Crippen molar-refractivity contribution in [2.24, 2.45) is 5.92 Å². The Morgan fingerprint density at radius 1 is 1.35 bits per heavy atom. The average Bonchev–Trinajstić information content (AvgIpc) is 2.78. The van der Waals surface area contributed by atoms with E-state index >= 15 is 0 Å². The quantitative estimate of drug-likeness (QED) is 0.703. The molecule has 1 aliphatic carbocycles. The maximum Gasteiger partial charge on any atom is 0.236 e. The summed E-state index contributed by atoms with van der Waals surface area (Å²) in [6, 6.07) is 2.06. The van der Waals surface area contributed by atoms with E-state index in [1.165, 1.54) is 25.7 Å². The predicted molar refractivity (Wildman–Crippen MR) is 67.3 cm³/mol. The molecule has 0 bridgehead atoms. The Labute approximate surface area is 104 Å². The number of amides is 1. The molecular weight excluding hydrogens is 214 g/mol. The summed E-state index contributed by atoms with van der Waals surface area (Å²) in [7, 11) is 3.78. The first-order valence-electron chi connectivity index (χ1n) is 6.43. The van der Waals surface area contributed by atoms with Gasteiger partial charge in [-0.15, -0.1) is 0 Å². The van der Waals surface area contributed by atoms with Gasteiger partial charge in [-0.05, 0) is 25.8 Å². The van der Waals surface area contributed by atoms with Crippen LogP contribution in [0.3, 0.4) is 0 Å². The maximum absolute atomic E-state index is 11.8. The number of rotatable bonds is 6. The number of nitrogens with zero attached hydrogens (tertiary/aromatic N) is 3. The van der Waals surface area contributed by atoms with E-state index in [2.05, 4.69) is 11.0 Å². The van der Waals surface area contributed by atoms with Crippen molar-refractivity contribution in [1.29, 1.82) is 5.26 Å². The molecule has 1 rings (SSSR count). The molecular formula is C13H23N3O. The van der Waals surface area contributed by atoms with E-state index in [-0.39, 0.29) is 5.91 Å². The van der Waals surface area contributed by atoms with Crippen LogP contribution in [0.4, 0.5) is 0 Å². The number of carbonyl (C=O) groups is 1. The highest BCUT2D eigenvalue weighted by atomic mass is 16.2. The fourth-order valence-corrected chi connectivity index (χ4v) is 2.39. The molecule has 0 aromatic rings. The molecule has 0 saturated heterocycles. The highest BCUT2D eigenvalue weighted by Gasteiger charge is 2.18. The Morgan fingerprint density at radius 3 is 2.59 bits per heavy atom. The third-order valence-electron chi connectivity index (χ3n) is 3.43. The molecule has 4 nitrogen and oxygen atoms in total. The van der Waals surface area contributed by atoms with Gasteiger partial charge in [0.05, 0.1) is 19.0 Å². The van der Waals surface area contributed by atoms with Gasteiger partial charge in [-0.3, -0.25) is 9.69 Å². The van der Waals surface area contributed by atoms with Crippen molar-refractivity contribution in [2.75, 3.05) is 33.7 Å². The molecule has 1 amide bonds. The highest BCUT2D eigenvalue weighted by molar-refractivity contribution is 5.77. The monoisotopic (exact) mass is 237 g/mol. The molecule has 4 heteroatoms. The van der Waals surface area contributed by atoms with E-state index in [4.69, 9.17) is 5.26 Å². The Kier molecular flexibility index (Phi) is 5.99. The fraction of sp³-hybridized carbons (Fsp3) is 0.846. The summed E-state index contributed by atoms with van der Waals surface area (Å²) < 4.78 is 0. The lowest BCUT2D eigenvalue weighted by molar-refractivity contribution is -0.130. The van der Waals surface area contributed by atoms with Gasteiger partial charge < -0.3 is 4.90 Å². The summed E-state index contributed by atoms with van der Waals surface area (Å²) in [5.41, 5.74) is 0. The molecule has 0 N–H and O–H groups in total. The minimum absolute atomic E-state index is 0.112. The average molecular weight is 237 g/mol. The molecule has 0 radical (unpaired) electrons. The lowest BCUT2D eigenvalue weighted by atomic mass is 10.1. The molecule has 96 valence electrons. The van der Waals surface area contributed by atoms with Crippen LogP contribution in [0.1, 0.15) is 32.1 Å². The van der Waals surface area contributed by atoms with Gasteiger partial charge in [0.15, 0.2) is 0 Å². The van der Waals surface area contributed by atoms with Gasteiger partial charge in [-0.25, -0.2) is 0 Å². The summed E-state index contributed by atoms with van der Waals surface area (Å²) in [5.74, 6) is 0.887. The van der Waals surface area contributed by atoms with Crippen LogP contribution in [-0.4, -0.2) is 49.4 Å². The summed E-state index contributed by atoms with van der Waals surface area (Å²) in [4.78, 5) is 15.6. The van der Waals surface area contributed by atoms with Crippen LogP contribution < -0.4 is 0 Å². The van der Waals surface area contributed by atoms with E-state index in [0.29, 0.717) is 19.5 Å². The second-order valence-electron chi connectivity index (χ2n) is 5.07. The number of likely N-dealkylation sites (N-methyl/N-ethyl adjacent to an activating group) is 2. The minimum Gasteiger partial charge on any atom is -0.344 e. The third kappa shape index (κ3) is 5.18. The van der Waals surface area contributed by atoms with Crippen LogP contribution in [-0.2, 0) is 4.79 Å². The largest absolute Gasteiger partial charge is 0.344 e. The molecule has 0 aliphatic heterocycles. The molecule has 1 aliphatic rings. The number of nitriles is 1. The van der Waals surface area contributed by atoms with Crippen LogP contribution in [0.5, 0.6) is 0 Å². The van der Waals surface area contributed by atoms with Crippen molar-refractivity contribution in [3.8, 4) is 6.07 Å². The van der Waals surface area contributed by atoms with Crippen LogP contribution in [0.2, 0.25) is 0 Å². The molecule has 0 aromatic heterocycles. The van der Waals surface area contributed by atoms with Crippen molar-refractivity contribution in [3.63, 3.8) is 0 Å². The standard InChI is InChI=1S/C13H23N3O/c1-15(10-12-6-3-4-7-12)11-13(17)16(2)9-5-8-14/h12H,3-7,9-11H2,1-2H3. The smallest absolute Gasteiger partial charge is 0.236 e. The van der Waals surface area contributed by atoms with Crippen LogP contribution in [0.15, 0.2) is 0 Å². The van der Waals surface area contributed by atoms with E-state index < -0.39 is 0 Å². The predicted octanol–water partition coefficient (Wildman–Crippen LogP) is 1.48. The Balaban J connectivity index is 2.22. The summed E-state index contributed by atoms with van der Waals surface area (Å²) in [6.45, 7) is 2.03. The summed E-state index contributed by atoms with van der Waals surface area (Å²) in [6.07, 6.45) is 5.71. The van der Waals surface area contributed by atoms with Crippen molar-refractivity contribution in [2.45, 2.75) is 32.1 Å².